The molecule has 110 valence electrons. The molecular formula is C12H15N7O2. The van der Waals surface area contributed by atoms with Gasteiger partial charge in [0.05, 0.1) is 24.2 Å². The standard InChI is InChI=1S/C12H15N7O2/c1-3-7-9(17-18-13)10(20)12(21-7)19-5-16-8-6(2)14-4-15-11(8)19/h4-5,7,9-10,12,20H,3H2,1-2H3/t7-,9-,10+,12-/m1/s1. The molecule has 3 heterocycles. The maximum atomic E-state index is 10.4. The first-order valence-electron chi connectivity index (χ1n) is 6.69. The van der Waals surface area contributed by atoms with E-state index in [1.165, 1.54) is 6.33 Å². The zero-order chi connectivity index (χ0) is 15.0. The molecule has 9 heteroatoms. The number of fused-ring (bicyclic) bond motifs is 1. The Bertz CT molecular complexity index is 709. The third kappa shape index (κ3) is 2.11. The Morgan fingerprint density at radius 2 is 2.29 bits per heavy atom. The van der Waals surface area contributed by atoms with E-state index in [4.69, 9.17) is 10.3 Å². The molecule has 0 aromatic carbocycles. The normalized spacial score (nSPS) is 28.7. The summed E-state index contributed by atoms with van der Waals surface area (Å²) in [5.41, 5.74) is 10.6. The number of azide groups is 1. The average molecular weight is 289 g/mol. The molecule has 0 spiro atoms. The lowest BCUT2D eigenvalue weighted by atomic mass is 10.1. The molecule has 4 atom stereocenters. The predicted molar refractivity (Wildman–Crippen MR) is 73.2 cm³/mol. The molecular weight excluding hydrogens is 274 g/mol. The summed E-state index contributed by atoms with van der Waals surface area (Å²) in [6.07, 6.45) is 1.69. The van der Waals surface area contributed by atoms with Crippen LogP contribution < -0.4 is 0 Å². The molecule has 1 N–H and O–H groups in total. The Morgan fingerprint density at radius 3 is 3.00 bits per heavy atom. The smallest absolute Gasteiger partial charge is 0.165 e. The van der Waals surface area contributed by atoms with Crippen LogP contribution in [0.2, 0.25) is 0 Å². The van der Waals surface area contributed by atoms with Crippen LogP contribution in [0.1, 0.15) is 25.3 Å². The van der Waals surface area contributed by atoms with Crippen LogP contribution in [0, 0.1) is 6.92 Å². The number of aliphatic hydroxyl groups excluding tert-OH is 1. The van der Waals surface area contributed by atoms with Crippen molar-refractivity contribution in [2.75, 3.05) is 0 Å². The number of aryl methyl sites for hydroxylation is 1. The average Bonchev–Trinajstić information content (AvgIpc) is 3.03. The number of hydrogen-bond donors (Lipinski definition) is 1. The van der Waals surface area contributed by atoms with Crippen molar-refractivity contribution < 1.29 is 9.84 Å². The largest absolute Gasteiger partial charge is 0.388 e. The van der Waals surface area contributed by atoms with Crippen molar-refractivity contribution in [3.8, 4) is 0 Å². The van der Waals surface area contributed by atoms with Crippen molar-refractivity contribution in [1.29, 1.82) is 0 Å². The number of ether oxygens (including phenoxy) is 1. The summed E-state index contributed by atoms with van der Waals surface area (Å²) >= 11 is 0. The maximum absolute atomic E-state index is 10.4. The fourth-order valence-electron chi connectivity index (χ4n) is 2.65. The molecule has 0 aliphatic carbocycles. The molecule has 21 heavy (non-hydrogen) atoms. The van der Waals surface area contributed by atoms with Crippen LogP contribution in [0.5, 0.6) is 0 Å². The SMILES string of the molecule is CC[C@H]1O[C@@H](n2cnc3c(C)ncnc32)[C@@H](O)[C@@H]1N=[N+]=[N-]. The van der Waals surface area contributed by atoms with Crippen LogP contribution in [-0.2, 0) is 4.74 Å². The van der Waals surface area contributed by atoms with E-state index >= 15 is 0 Å². The number of hydrogen-bond acceptors (Lipinski definition) is 6. The molecule has 0 unspecified atom stereocenters. The molecule has 0 saturated carbocycles. The van der Waals surface area contributed by atoms with E-state index in [2.05, 4.69) is 25.0 Å². The van der Waals surface area contributed by atoms with Crippen LogP contribution in [0.15, 0.2) is 17.8 Å². The van der Waals surface area contributed by atoms with Gasteiger partial charge in [-0.25, -0.2) is 15.0 Å². The van der Waals surface area contributed by atoms with E-state index in [1.807, 2.05) is 13.8 Å². The van der Waals surface area contributed by atoms with Gasteiger partial charge in [0.2, 0.25) is 0 Å². The highest BCUT2D eigenvalue weighted by Gasteiger charge is 2.43. The summed E-state index contributed by atoms with van der Waals surface area (Å²) in [5, 5.41) is 14.1. The van der Waals surface area contributed by atoms with Gasteiger partial charge in [0, 0.05) is 4.91 Å². The fraction of sp³-hybridized carbons (Fsp3) is 0.583. The lowest BCUT2D eigenvalue weighted by Gasteiger charge is -2.16. The first kappa shape index (κ1) is 13.7. The molecule has 0 radical (unpaired) electrons. The van der Waals surface area contributed by atoms with Crippen LogP contribution in [-0.4, -0.2) is 42.9 Å². The van der Waals surface area contributed by atoms with E-state index in [1.54, 1.807) is 10.9 Å². The van der Waals surface area contributed by atoms with E-state index in [0.717, 1.165) is 5.69 Å². The van der Waals surface area contributed by atoms with Gasteiger partial charge in [-0.05, 0) is 18.9 Å². The Balaban J connectivity index is 2.03. The first-order chi connectivity index (χ1) is 10.2. The Hall–Kier alpha value is -2.22. The summed E-state index contributed by atoms with van der Waals surface area (Å²) in [6, 6.07) is -0.620. The van der Waals surface area contributed by atoms with E-state index in [9.17, 15) is 5.11 Å². The highest BCUT2D eigenvalue weighted by atomic mass is 16.5. The van der Waals surface area contributed by atoms with Crippen molar-refractivity contribution in [2.45, 2.75) is 44.7 Å². The van der Waals surface area contributed by atoms with Gasteiger partial charge in [-0.2, -0.15) is 0 Å². The summed E-state index contributed by atoms with van der Waals surface area (Å²) in [7, 11) is 0. The van der Waals surface area contributed by atoms with Crippen LogP contribution in [0.3, 0.4) is 0 Å². The number of aromatic nitrogens is 4. The topological polar surface area (TPSA) is 122 Å². The third-order valence-corrected chi connectivity index (χ3v) is 3.74. The van der Waals surface area contributed by atoms with Crippen LogP contribution >= 0.6 is 0 Å². The Labute approximate surface area is 120 Å². The number of aliphatic hydroxyl groups is 1. The molecule has 1 aliphatic heterocycles. The van der Waals surface area contributed by atoms with Gasteiger partial charge in [-0.15, -0.1) is 0 Å². The quantitative estimate of drug-likeness (QED) is 0.521. The fourth-order valence-corrected chi connectivity index (χ4v) is 2.65. The molecule has 1 fully saturated rings. The number of rotatable bonds is 3. The van der Waals surface area contributed by atoms with Gasteiger partial charge in [0.25, 0.3) is 0 Å². The summed E-state index contributed by atoms with van der Waals surface area (Å²) < 4.78 is 7.49. The lowest BCUT2D eigenvalue weighted by molar-refractivity contribution is -0.0355. The zero-order valence-corrected chi connectivity index (χ0v) is 11.7. The van der Waals surface area contributed by atoms with E-state index in [-0.39, 0.29) is 6.10 Å². The van der Waals surface area contributed by atoms with E-state index in [0.29, 0.717) is 17.6 Å². The van der Waals surface area contributed by atoms with Gasteiger partial charge in [0.1, 0.15) is 17.9 Å². The van der Waals surface area contributed by atoms with E-state index < -0.39 is 18.4 Å². The third-order valence-electron chi connectivity index (χ3n) is 3.74. The van der Waals surface area contributed by atoms with Crippen LogP contribution in [0.25, 0.3) is 21.6 Å². The van der Waals surface area contributed by atoms with Gasteiger partial charge < -0.3 is 9.84 Å². The predicted octanol–water partition coefficient (Wildman–Crippen LogP) is 1.48. The van der Waals surface area contributed by atoms with Gasteiger partial charge in [-0.3, -0.25) is 4.57 Å². The minimum Gasteiger partial charge on any atom is -0.388 e. The zero-order valence-electron chi connectivity index (χ0n) is 11.7. The van der Waals surface area contributed by atoms with Crippen molar-refractivity contribution in [3.63, 3.8) is 0 Å². The van der Waals surface area contributed by atoms with Crippen molar-refractivity contribution in [3.05, 3.63) is 28.8 Å². The minimum absolute atomic E-state index is 0.332. The van der Waals surface area contributed by atoms with Crippen molar-refractivity contribution in [1.82, 2.24) is 19.5 Å². The summed E-state index contributed by atoms with van der Waals surface area (Å²) in [6.45, 7) is 3.75. The first-order valence-corrected chi connectivity index (χ1v) is 6.69. The van der Waals surface area contributed by atoms with Crippen molar-refractivity contribution >= 4 is 11.2 Å². The molecule has 0 amide bonds. The number of imidazole rings is 1. The second-order valence-corrected chi connectivity index (χ2v) is 4.94. The van der Waals surface area contributed by atoms with Gasteiger partial charge in [0.15, 0.2) is 11.9 Å². The lowest BCUT2D eigenvalue weighted by Crippen LogP contribution is -2.29. The monoisotopic (exact) mass is 289 g/mol. The molecule has 1 saturated heterocycles. The molecule has 2 aromatic rings. The Kier molecular flexibility index (Phi) is 3.46. The Morgan fingerprint density at radius 1 is 1.48 bits per heavy atom. The van der Waals surface area contributed by atoms with Gasteiger partial charge in [-0.1, -0.05) is 12.0 Å². The molecule has 9 nitrogen and oxygen atoms in total. The van der Waals surface area contributed by atoms with Crippen molar-refractivity contribution in [2.24, 2.45) is 5.11 Å². The number of nitrogens with zero attached hydrogens (tertiary/aromatic N) is 7. The molecule has 1 aliphatic rings. The highest BCUT2D eigenvalue weighted by molar-refractivity contribution is 5.72. The van der Waals surface area contributed by atoms with Gasteiger partial charge >= 0.3 is 0 Å². The summed E-state index contributed by atoms with van der Waals surface area (Å²) in [5.74, 6) is 0. The molecule has 0 bridgehead atoms. The van der Waals surface area contributed by atoms with Crippen LogP contribution in [0.4, 0.5) is 0 Å². The molecule has 2 aromatic heterocycles. The second-order valence-electron chi connectivity index (χ2n) is 4.94. The highest BCUT2D eigenvalue weighted by Crippen LogP contribution is 2.34. The maximum Gasteiger partial charge on any atom is 0.165 e. The molecule has 3 rings (SSSR count). The minimum atomic E-state index is -0.946. The second kappa shape index (κ2) is 5.28. The summed E-state index contributed by atoms with van der Waals surface area (Å²) in [4.78, 5) is 15.3.